The summed E-state index contributed by atoms with van der Waals surface area (Å²) in [6, 6.07) is 10.8. The minimum Gasteiger partial charge on any atom is -0.343 e. The first-order valence-corrected chi connectivity index (χ1v) is 14.7. The Hall–Kier alpha value is -3.04. The lowest BCUT2D eigenvalue weighted by molar-refractivity contribution is -0.132. The van der Waals surface area contributed by atoms with Gasteiger partial charge in [-0.1, -0.05) is 17.7 Å². The lowest BCUT2D eigenvalue weighted by atomic mass is 9.96. The first kappa shape index (κ1) is 29.0. The largest absolute Gasteiger partial charge is 0.343 e. The number of carbonyl (C=O) groups excluding carboxylic acids is 1. The average molecular weight is 579 g/mol. The summed E-state index contributed by atoms with van der Waals surface area (Å²) in [6.07, 6.45) is 4.07. The minimum atomic E-state index is -4.42. The van der Waals surface area contributed by atoms with Gasteiger partial charge in [-0.15, -0.1) is 0 Å². The van der Waals surface area contributed by atoms with E-state index in [1.165, 1.54) is 49.4 Å². The monoisotopic (exact) mass is 578 g/mol. The van der Waals surface area contributed by atoms with Crippen LogP contribution < -0.4 is 4.31 Å². The zero-order chi connectivity index (χ0) is 28.2. The second-order valence-electron chi connectivity index (χ2n) is 9.66. The van der Waals surface area contributed by atoms with Crippen LogP contribution in [0.5, 0.6) is 0 Å². The fourth-order valence-corrected chi connectivity index (χ4v) is 6.74. The molecule has 4 rings (SSSR count). The standard InChI is InChI=1S/C29H30ClF3N2O3S/c1-20(26-14-10-23(31)18-21(26)6-5-7-29(36)34-16-3-2-4-17-34)35(28-19-24(32)11-15-27(28)33)39(37,38)25-12-8-22(30)9-13-25/h8-15,18-20H,2-7,16-17H2,1H3/t20-/m1/s1. The summed E-state index contributed by atoms with van der Waals surface area (Å²) in [6.45, 7) is 3.00. The number of amides is 1. The van der Waals surface area contributed by atoms with Crippen molar-refractivity contribution in [3.8, 4) is 0 Å². The highest BCUT2D eigenvalue weighted by Gasteiger charge is 2.33. The predicted octanol–water partition coefficient (Wildman–Crippen LogP) is 7.05. The number of rotatable bonds is 9. The maximum absolute atomic E-state index is 15.0. The third-order valence-electron chi connectivity index (χ3n) is 6.97. The first-order valence-electron chi connectivity index (χ1n) is 12.9. The van der Waals surface area contributed by atoms with Crippen molar-refractivity contribution in [3.05, 3.63) is 94.3 Å². The summed E-state index contributed by atoms with van der Waals surface area (Å²) in [5.41, 5.74) is 0.429. The SMILES string of the molecule is C[C@H](c1ccc(F)cc1CCCC(=O)N1CCCCC1)N(c1cc(F)ccc1F)S(=O)(=O)c1ccc(Cl)cc1. The molecule has 0 aliphatic carbocycles. The van der Waals surface area contributed by atoms with Gasteiger partial charge in [0.2, 0.25) is 5.91 Å². The van der Waals surface area contributed by atoms with Gasteiger partial charge in [0.1, 0.15) is 17.5 Å². The van der Waals surface area contributed by atoms with Crippen LogP contribution in [0.3, 0.4) is 0 Å². The molecule has 1 saturated heterocycles. The summed E-state index contributed by atoms with van der Waals surface area (Å²) in [5.74, 6) is -2.23. The highest BCUT2D eigenvalue weighted by atomic mass is 35.5. The maximum Gasteiger partial charge on any atom is 0.264 e. The van der Waals surface area contributed by atoms with Gasteiger partial charge in [-0.3, -0.25) is 9.10 Å². The van der Waals surface area contributed by atoms with Gasteiger partial charge in [-0.2, -0.15) is 0 Å². The maximum atomic E-state index is 15.0. The molecule has 10 heteroatoms. The van der Waals surface area contributed by atoms with Crippen molar-refractivity contribution < 1.29 is 26.4 Å². The molecule has 1 aliphatic rings. The molecule has 1 amide bonds. The molecule has 39 heavy (non-hydrogen) atoms. The fourth-order valence-electron chi connectivity index (χ4n) is 4.98. The third-order valence-corrected chi connectivity index (χ3v) is 9.12. The smallest absolute Gasteiger partial charge is 0.264 e. The number of carbonyl (C=O) groups is 1. The van der Waals surface area contributed by atoms with Gasteiger partial charge in [0.15, 0.2) is 0 Å². The number of benzene rings is 3. The molecule has 0 radical (unpaired) electrons. The van der Waals surface area contributed by atoms with E-state index in [1.807, 2.05) is 4.90 Å². The Bertz CT molecular complexity index is 1430. The van der Waals surface area contributed by atoms with Crippen molar-refractivity contribution >= 4 is 33.2 Å². The summed E-state index contributed by atoms with van der Waals surface area (Å²) >= 11 is 5.94. The summed E-state index contributed by atoms with van der Waals surface area (Å²) in [5, 5.41) is 0.311. The van der Waals surface area contributed by atoms with Crippen LogP contribution in [0.25, 0.3) is 0 Å². The fraction of sp³-hybridized carbons (Fsp3) is 0.345. The molecule has 0 spiro atoms. The lowest BCUT2D eigenvalue weighted by Crippen LogP contribution is -2.35. The Labute approximate surface area is 232 Å². The number of hydrogen-bond donors (Lipinski definition) is 0. The van der Waals surface area contributed by atoms with Crippen LogP contribution in [0.15, 0.2) is 65.6 Å². The molecular weight excluding hydrogens is 549 g/mol. The molecule has 3 aromatic carbocycles. The van der Waals surface area contributed by atoms with Crippen LogP contribution in [0.2, 0.25) is 5.02 Å². The minimum absolute atomic E-state index is 0.0366. The Morgan fingerprint density at radius 1 is 0.949 bits per heavy atom. The van der Waals surface area contributed by atoms with E-state index >= 15 is 4.39 Å². The second-order valence-corrected chi connectivity index (χ2v) is 11.9. The van der Waals surface area contributed by atoms with E-state index in [4.69, 9.17) is 11.6 Å². The number of piperidine rings is 1. The van der Waals surface area contributed by atoms with Crippen LogP contribution in [0, 0.1) is 17.5 Å². The summed E-state index contributed by atoms with van der Waals surface area (Å²) in [7, 11) is -4.42. The molecule has 1 atom stereocenters. The molecule has 0 unspecified atom stereocenters. The number of halogens is 4. The molecule has 1 heterocycles. The zero-order valence-electron chi connectivity index (χ0n) is 21.5. The highest BCUT2D eigenvalue weighted by molar-refractivity contribution is 7.92. The predicted molar refractivity (Wildman–Crippen MR) is 146 cm³/mol. The molecular formula is C29H30ClF3N2O3S. The highest BCUT2D eigenvalue weighted by Crippen LogP contribution is 2.37. The first-order chi connectivity index (χ1) is 18.6. The van der Waals surface area contributed by atoms with Gasteiger partial charge < -0.3 is 4.90 Å². The molecule has 1 aliphatic heterocycles. The van der Waals surface area contributed by atoms with E-state index in [2.05, 4.69) is 0 Å². The van der Waals surface area contributed by atoms with Crippen molar-refractivity contribution in [2.24, 2.45) is 0 Å². The molecule has 1 fully saturated rings. The van der Waals surface area contributed by atoms with Crippen LogP contribution in [0.4, 0.5) is 18.9 Å². The van der Waals surface area contributed by atoms with Gasteiger partial charge >= 0.3 is 0 Å². The van der Waals surface area contributed by atoms with E-state index in [1.54, 1.807) is 0 Å². The van der Waals surface area contributed by atoms with Gasteiger partial charge in [0.05, 0.1) is 16.6 Å². The Morgan fingerprint density at radius 2 is 1.59 bits per heavy atom. The third kappa shape index (κ3) is 6.76. The number of nitrogens with zero attached hydrogens (tertiary/aromatic N) is 2. The van der Waals surface area contributed by atoms with E-state index < -0.39 is 39.2 Å². The number of aryl methyl sites for hydroxylation is 1. The Morgan fingerprint density at radius 3 is 2.28 bits per heavy atom. The number of hydrogen-bond acceptors (Lipinski definition) is 3. The van der Waals surface area contributed by atoms with Crippen LogP contribution in [0.1, 0.15) is 56.2 Å². The van der Waals surface area contributed by atoms with Gasteiger partial charge in [0.25, 0.3) is 10.0 Å². The topological polar surface area (TPSA) is 57.7 Å². The zero-order valence-corrected chi connectivity index (χ0v) is 23.1. The summed E-state index contributed by atoms with van der Waals surface area (Å²) in [4.78, 5) is 14.3. The molecule has 0 N–H and O–H groups in total. The molecule has 0 saturated carbocycles. The van der Waals surface area contributed by atoms with Crippen molar-refractivity contribution in [2.75, 3.05) is 17.4 Å². The average Bonchev–Trinajstić information content (AvgIpc) is 2.91. The van der Waals surface area contributed by atoms with Crippen molar-refractivity contribution in [1.82, 2.24) is 4.90 Å². The molecule has 208 valence electrons. The molecule has 0 bridgehead atoms. The van der Waals surface area contributed by atoms with Crippen molar-refractivity contribution in [1.29, 1.82) is 0 Å². The Balaban J connectivity index is 1.69. The van der Waals surface area contributed by atoms with Crippen molar-refractivity contribution in [2.45, 2.75) is 56.4 Å². The quantitative estimate of drug-likeness (QED) is 0.273. The van der Waals surface area contributed by atoms with Crippen molar-refractivity contribution in [3.63, 3.8) is 0 Å². The summed E-state index contributed by atoms with van der Waals surface area (Å²) < 4.78 is 72.1. The van der Waals surface area contributed by atoms with Gasteiger partial charge in [-0.05, 0) is 98.7 Å². The number of anilines is 1. The number of sulfonamides is 1. The van der Waals surface area contributed by atoms with E-state index in [0.29, 0.717) is 29.0 Å². The molecule has 0 aromatic heterocycles. The molecule has 3 aromatic rings. The van der Waals surface area contributed by atoms with Crippen LogP contribution >= 0.6 is 11.6 Å². The second kappa shape index (κ2) is 12.4. The number of likely N-dealkylation sites (tertiary alicyclic amines) is 1. The Kier molecular flexibility index (Phi) is 9.23. The van der Waals surface area contributed by atoms with E-state index in [-0.39, 0.29) is 17.2 Å². The normalized spacial score (nSPS) is 14.7. The van der Waals surface area contributed by atoms with E-state index in [9.17, 15) is 22.0 Å². The van der Waals surface area contributed by atoms with Crippen LogP contribution in [-0.2, 0) is 21.2 Å². The molecule has 5 nitrogen and oxygen atoms in total. The lowest BCUT2D eigenvalue weighted by Gasteiger charge is -2.32. The van der Waals surface area contributed by atoms with Gasteiger partial charge in [0, 0.05) is 30.6 Å². The van der Waals surface area contributed by atoms with Gasteiger partial charge in [-0.25, -0.2) is 21.6 Å². The van der Waals surface area contributed by atoms with Crippen LogP contribution in [-0.4, -0.2) is 32.3 Å². The van der Waals surface area contributed by atoms with E-state index in [0.717, 1.165) is 54.9 Å².